The number of nitro benzene ring substituents is 1. The standard InChI is InChI=1S/C57H71N7O9S/c1-36(2)43-10-5-6-11-44(43)47-12-7-23-63(47)41-31-57(32-41)20-24-62(25-21-57)40-13-14-45(49(28-40)73-51-27-39-17-22-58-53(39)60-55(51)72-34-37-9-8-26-70-33-37)54(65)61-74(68,69)42-29-48(64(66)67)52-50(30-42)71-35-46(59-52)38-15-18-56(3,4)19-16-38/h5-6,10-11,13-14,17,22,27-30,36-38,41,46-47,59H,7-9,12,15-16,18-21,23-26,31-35H2,1-4H3,(H,58,60)(H,61,65)/t37-,46-,47+/m1/s1. The van der Waals surface area contributed by atoms with Crippen LogP contribution < -0.4 is 29.1 Å². The lowest BCUT2D eigenvalue weighted by atomic mass is 9.59. The van der Waals surface area contributed by atoms with E-state index in [1.165, 1.54) is 42.9 Å². The normalized spacial score (nSPS) is 23.2. The minimum atomic E-state index is -4.69. The number of amides is 1. The van der Waals surface area contributed by atoms with Gasteiger partial charge >= 0.3 is 0 Å². The molecule has 0 radical (unpaired) electrons. The van der Waals surface area contributed by atoms with E-state index >= 15 is 0 Å². The maximum absolute atomic E-state index is 14.5. The first kappa shape index (κ1) is 50.3. The van der Waals surface area contributed by atoms with Gasteiger partial charge in [-0.25, -0.2) is 13.1 Å². The van der Waals surface area contributed by atoms with Gasteiger partial charge in [0, 0.05) is 73.2 Å². The molecule has 3 saturated heterocycles. The Morgan fingerprint density at radius 3 is 2.50 bits per heavy atom. The number of aromatic nitrogens is 2. The average molecular weight is 1030 g/mol. The second kappa shape index (κ2) is 20.3. The molecule has 2 aromatic heterocycles. The highest BCUT2D eigenvalue weighted by atomic mass is 32.2. The summed E-state index contributed by atoms with van der Waals surface area (Å²) in [6, 6.07) is 21.0. The third-order valence-corrected chi connectivity index (χ3v) is 18.7. The summed E-state index contributed by atoms with van der Waals surface area (Å²) >= 11 is 0. The van der Waals surface area contributed by atoms with E-state index in [0.717, 1.165) is 88.1 Å². The summed E-state index contributed by atoms with van der Waals surface area (Å²) in [5.74, 6) is 0.533. The van der Waals surface area contributed by atoms with Crippen molar-refractivity contribution in [3.05, 3.63) is 99.7 Å². The molecule has 4 aliphatic heterocycles. The number of carbonyl (C=O) groups excluding carboxylic acids is 1. The van der Waals surface area contributed by atoms with Crippen LogP contribution >= 0.6 is 0 Å². The van der Waals surface area contributed by atoms with Gasteiger partial charge in [0.1, 0.15) is 18.0 Å². The molecule has 1 spiro atoms. The summed E-state index contributed by atoms with van der Waals surface area (Å²) in [5.41, 5.74) is 4.52. The van der Waals surface area contributed by atoms with Crippen LogP contribution in [0.15, 0.2) is 77.8 Å². The quantitative estimate of drug-likeness (QED) is 0.0704. The summed E-state index contributed by atoms with van der Waals surface area (Å²) in [6.45, 7) is 13.7. The van der Waals surface area contributed by atoms with E-state index < -0.39 is 31.4 Å². The highest BCUT2D eigenvalue weighted by Gasteiger charge is 2.50. The third-order valence-electron chi connectivity index (χ3n) is 17.4. The van der Waals surface area contributed by atoms with Crippen LogP contribution in [0.5, 0.6) is 23.1 Å². The molecule has 17 heteroatoms. The smallest absolute Gasteiger partial charge is 0.297 e. The molecule has 6 aliphatic rings. The average Bonchev–Trinajstić information content (AvgIpc) is 4.07. The molecule has 3 aromatic carbocycles. The molecule has 0 unspecified atom stereocenters. The Hall–Kier alpha value is -5.91. The maximum Gasteiger partial charge on any atom is 0.297 e. The number of nitro groups is 1. The zero-order chi connectivity index (χ0) is 51.4. The number of sulfonamides is 1. The second-order valence-electron chi connectivity index (χ2n) is 23.2. The van der Waals surface area contributed by atoms with Crippen molar-refractivity contribution in [2.75, 3.05) is 56.3 Å². The molecule has 0 bridgehead atoms. The number of carbonyl (C=O) groups is 1. The van der Waals surface area contributed by atoms with Crippen molar-refractivity contribution in [1.82, 2.24) is 19.6 Å². The molecule has 16 nitrogen and oxygen atoms in total. The Labute approximate surface area is 434 Å². The van der Waals surface area contributed by atoms with Gasteiger partial charge in [0.25, 0.3) is 27.5 Å². The molecule has 2 aliphatic carbocycles. The molecule has 74 heavy (non-hydrogen) atoms. The number of nitrogens with one attached hydrogen (secondary N) is 3. The van der Waals surface area contributed by atoms with Gasteiger partial charge in [-0.15, -0.1) is 0 Å². The van der Waals surface area contributed by atoms with Crippen molar-refractivity contribution in [1.29, 1.82) is 0 Å². The Bertz CT molecular complexity index is 3000. The van der Waals surface area contributed by atoms with Gasteiger partial charge in [-0.2, -0.15) is 4.98 Å². The number of hydrogen-bond acceptors (Lipinski definition) is 13. The Balaban J connectivity index is 0.843. The number of fused-ring (bicyclic) bond motifs is 2. The molecule has 5 fully saturated rings. The van der Waals surface area contributed by atoms with Crippen molar-refractivity contribution >= 4 is 44.0 Å². The number of benzene rings is 3. The zero-order valence-corrected chi connectivity index (χ0v) is 44.0. The topological polar surface area (TPSA) is 190 Å². The van der Waals surface area contributed by atoms with Crippen molar-refractivity contribution in [2.45, 2.75) is 134 Å². The summed E-state index contributed by atoms with van der Waals surface area (Å²) < 4.78 is 55.6. The fourth-order valence-electron chi connectivity index (χ4n) is 12.9. The largest absolute Gasteiger partial charge is 0.489 e. The number of nitrogens with zero attached hydrogens (tertiary/aromatic N) is 4. The predicted molar refractivity (Wildman–Crippen MR) is 284 cm³/mol. The molecule has 3 N–H and O–H groups in total. The van der Waals surface area contributed by atoms with Gasteiger partial charge in [-0.1, -0.05) is 52.0 Å². The number of likely N-dealkylation sites (tertiary alicyclic amines) is 1. The third kappa shape index (κ3) is 10.3. The Morgan fingerprint density at radius 2 is 1.74 bits per heavy atom. The van der Waals surface area contributed by atoms with Gasteiger partial charge in [0.15, 0.2) is 17.2 Å². The summed E-state index contributed by atoms with van der Waals surface area (Å²) in [5, 5.41) is 16.7. The highest BCUT2D eigenvalue weighted by molar-refractivity contribution is 7.90. The number of piperidine rings is 1. The van der Waals surface area contributed by atoms with Gasteiger partial charge < -0.3 is 34.1 Å². The molecule has 11 rings (SSSR count). The van der Waals surface area contributed by atoms with Crippen LogP contribution in [0.2, 0.25) is 0 Å². The van der Waals surface area contributed by atoms with Crippen LogP contribution in [0.25, 0.3) is 11.0 Å². The van der Waals surface area contributed by atoms with Gasteiger partial charge in [-0.05, 0) is 142 Å². The Morgan fingerprint density at radius 1 is 0.946 bits per heavy atom. The van der Waals surface area contributed by atoms with E-state index in [9.17, 15) is 23.3 Å². The molecule has 2 saturated carbocycles. The molecule has 6 heterocycles. The summed E-state index contributed by atoms with van der Waals surface area (Å²) in [4.78, 5) is 39.0. The van der Waals surface area contributed by atoms with Crippen LogP contribution in [-0.2, 0) is 14.8 Å². The lowest BCUT2D eigenvalue weighted by molar-refractivity contribution is -0.384. The molecular formula is C57H71N7O9S. The minimum Gasteiger partial charge on any atom is -0.489 e. The maximum atomic E-state index is 14.5. The summed E-state index contributed by atoms with van der Waals surface area (Å²) in [6.07, 6.45) is 14.5. The first-order valence-electron chi connectivity index (χ1n) is 27.0. The van der Waals surface area contributed by atoms with Crippen LogP contribution in [-0.4, -0.2) is 92.3 Å². The second-order valence-corrected chi connectivity index (χ2v) is 24.9. The lowest BCUT2D eigenvalue weighted by Crippen LogP contribution is -2.54. The predicted octanol–water partition coefficient (Wildman–Crippen LogP) is 11.3. The number of anilines is 2. The molecule has 1 amide bonds. The number of aromatic amines is 1. The number of rotatable bonds is 14. The van der Waals surface area contributed by atoms with E-state index in [4.69, 9.17) is 23.9 Å². The van der Waals surface area contributed by atoms with Crippen molar-refractivity contribution in [3.8, 4) is 23.1 Å². The van der Waals surface area contributed by atoms with Crippen LogP contribution in [0, 0.1) is 32.8 Å². The van der Waals surface area contributed by atoms with Gasteiger partial charge in [0.2, 0.25) is 0 Å². The van der Waals surface area contributed by atoms with E-state index in [1.54, 1.807) is 24.4 Å². The van der Waals surface area contributed by atoms with E-state index in [-0.39, 0.29) is 69.7 Å². The van der Waals surface area contributed by atoms with E-state index in [1.807, 2.05) is 12.1 Å². The van der Waals surface area contributed by atoms with E-state index in [2.05, 4.69) is 76.8 Å². The lowest BCUT2D eigenvalue weighted by Gasteiger charge is -2.56. The van der Waals surface area contributed by atoms with Crippen LogP contribution in [0.3, 0.4) is 0 Å². The molecule has 3 atom stereocenters. The monoisotopic (exact) mass is 1030 g/mol. The number of ether oxygens (including phenoxy) is 4. The molecule has 394 valence electrons. The molecule has 5 aromatic rings. The number of pyridine rings is 1. The van der Waals surface area contributed by atoms with Gasteiger partial charge in [-0.3, -0.25) is 19.8 Å². The van der Waals surface area contributed by atoms with Crippen molar-refractivity contribution in [3.63, 3.8) is 0 Å². The molecular weight excluding hydrogens is 959 g/mol. The first-order chi connectivity index (χ1) is 35.6. The number of hydrogen-bond donors (Lipinski definition) is 3. The SMILES string of the molecule is CC(C)c1ccccc1[C@@H]1CCCN1C1CC2(CCN(c3ccc(C(=O)NS(=O)(=O)c4cc5c(c([N+](=O)[O-])c4)N[C@@H](C4CCC(C)(C)CC4)CO5)c(Oc4cc5cc[nH]c5nc4OC[C@@H]4CCCOC4)c3)CC2)C1. The number of H-pyrrole nitrogens is 1. The van der Waals surface area contributed by atoms with Gasteiger partial charge in [0.05, 0.1) is 34.6 Å². The fourth-order valence-corrected chi connectivity index (χ4v) is 13.9. The zero-order valence-electron chi connectivity index (χ0n) is 43.2. The van der Waals surface area contributed by atoms with Crippen LogP contribution in [0.1, 0.15) is 138 Å². The van der Waals surface area contributed by atoms with Crippen LogP contribution in [0.4, 0.5) is 17.1 Å². The minimum absolute atomic E-state index is 0.0427. The first-order valence-corrected chi connectivity index (χ1v) is 28.5. The summed E-state index contributed by atoms with van der Waals surface area (Å²) in [7, 11) is -4.69. The van der Waals surface area contributed by atoms with Crippen molar-refractivity contribution in [2.24, 2.45) is 22.7 Å². The van der Waals surface area contributed by atoms with Crippen molar-refractivity contribution < 1.29 is 37.1 Å². The van der Waals surface area contributed by atoms with E-state index in [0.29, 0.717) is 43.5 Å². The fraction of sp³-hybridized carbons (Fsp3) is 0.544. The Kier molecular flexibility index (Phi) is 13.8. The highest BCUT2D eigenvalue weighted by Crippen LogP contribution is 2.55.